The van der Waals surface area contributed by atoms with E-state index in [1.807, 2.05) is 17.5 Å². The summed E-state index contributed by atoms with van der Waals surface area (Å²) in [5.74, 6) is 0.905. The number of likely N-dealkylation sites (N-methyl/N-ethyl adjacent to an activating group) is 1. The molecule has 0 fully saturated rings. The van der Waals surface area contributed by atoms with Crippen LogP contribution in [0.2, 0.25) is 0 Å². The third kappa shape index (κ3) is 5.14. The zero-order valence-electron chi connectivity index (χ0n) is 17.5. The highest BCUT2D eigenvalue weighted by molar-refractivity contribution is 7.13. The molecule has 0 saturated carbocycles. The first-order valence-corrected chi connectivity index (χ1v) is 11.0. The summed E-state index contributed by atoms with van der Waals surface area (Å²) in [7, 11) is 0. The summed E-state index contributed by atoms with van der Waals surface area (Å²) in [6, 6.07) is 14.4. The Hall–Kier alpha value is -2.44. The molecule has 3 aromatic rings. The number of amides is 1. The Kier molecular flexibility index (Phi) is 7.23. The van der Waals surface area contributed by atoms with Gasteiger partial charge in [0, 0.05) is 12.6 Å². The molecular weight excluding hydrogens is 382 g/mol. The van der Waals surface area contributed by atoms with Crippen LogP contribution in [-0.2, 0) is 0 Å². The molecule has 0 aliphatic carbocycles. The SMILES string of the molecule is CCN(CC)[C@H](CNC(=O)c1cc(-c2cccs2)on1)c1ccc(C(C)C)cc1. The molecule has 0 spiro atoms. The van der Waals surface area contributed by atoms with Crippen molar-refractivity contribution in [2.75, 3.05) is 19.6 Å². The highest BCUT2D eigenvalue weighted by Gasteiger charge is 2.21. The van der Waals surface area contributed by atoms with E-state index in [4.69, 9.17) is 4.52 Å². The summed E-state index contributed by atoms with van der Waals surface area (Å²) in [5.41, 5.74) is 2.83. The molecule has 1 amide bonds. The summed E-state index contributed by atoms with van der Waals surface area (Å²) < 4.78 is 5.34. The third-order valence-corrected chi connectivity index (χ3v) is 6.09. The maximum absolute atomic E-state index is 12.7. The van der Waals surface area contributed by atoms with Crippen LogP contribution >= 0.6 is 11.3 Å². The maximum atomic E-state index is 12.7. The lowest BCUT2D eigenvalue weighted by molar-refractivity contribution is 0.0926. The van der Waals surface area contributed by atoms with Crippen molar-refractivity contribution in [1.29, 1.82) is 0 Å². The topological polar surface area (TPSA) is 58.4 Å². The summed E-state index contributed by atoms with van der Waals surface area (Å²) in [6.07, 6.45) is 0. The third-order valence-electron chi connectivity index (χ3n) is 5.20. The molecule has 0 saturated heterocycles. The smallest absolute Gasteiger partial charge is 0.273 e. The predicted molar refractivity (Wildman–Crippen MR) is 118 cm³/mol. The van der Waals surface area contributed by atoms with Crippen molar-refractivity contribution in [3.05, 3.63) is 64.7 Å². The van der Waals surface area contributed by atoms with E-state index in [-0.39, 0.29) is 11.9 Å². The van der Waals surface area contributed by atoms with Gasteiger partial charge in [-0.1, -0.05) is 63.2 Å². The minimum absolute atomic E-state index is 0.110. The molecule has 5 nitrogen and oxygen atoms in total. The fourth-order valence-corrected chi connectivity index (χ4v) is 4.10. The Morgan fingerprint density at radius 3 is 2.41 bits per heavy atom. The van der Waals surface area contributed by atoms with Crippen molar-refractivity contribution >= 4 is 17.2 Å². The zero-order valence-corrected chi connectivity index (χ0v) is 18.3. The summed E-state index contributed by atoms with van der Waals surface area (Å²) in [6.45, 7) is 11.0. The molecule has 154 valence electrons. The van der Waals surface area contributed by atoms with Crippen LogP contribution in [0.4, 0.5) is 0 Å². The van der Waals surface area contributed by atoms with Crippen LogP contribution in [0.3, 0.4) is 0 Å². The van der Waals surface area contributed by atoms with E-state index in [1.54, 1.807) is 17.4 Å². The Morgan fingerprint density at radius 2 is 1.83 bits per heavy atom. The van der Waals surface area contributed by atoms with Crippen LogP contribution in [-0.4, -0.2) is 35.6 Å². The second-order valence-corrected chi connectivity index (χ2v) is 8.27. The lowest BCUT2D eigenvalue weighted by Gasteiger charge is -2.30. The molecule has 29 heavy (non-hydrogen) atoms. The Labute approximate surface area is 176 Å². The summed E-state index contributed by atoms with van der Waals surface area (Å²) in [5, 5.41) is 8.96. The van der Waals surface area contributed by atoms with Crippen molar-refractivity contribution in [3.63, 3.8) is 0 Å². The van der Waals surface area contributed by atoms with Gasteiger partial charge in [0.15, 0.2) is 11.5 Å². The van der Waals surface area contributed by atoms with Gasteiger partial charge in [-0.25, -0.2) is 0 Å². The quantitative estimate of drug-likeness (QED) is 0.516. The van der Waals surface area contributed by atoms with Crippen molar-refractivity contribution in [2.24, 2.45) is 0 Å². The van der Waals surface area contributed by atoms with Crippen LogP contribution in [0.5, 0.6) is 0 Å². The monoisotopic (exact) mass is 411 g/mol. The van der Waals surface area contributed by atoms with Gasteiger partial charge in [-0.05, 0) is 41.6 Å². The number of carbonyl (C=O) groups excluding carboxylic acids is 1. The molecule has 0 aliphatic rings. The lowest BCUT2D eigenvalue weighted by Crippen LogP contribution is -2.38. The normalized spacial score (nSPS) is 12.5. The summed E-state index contributed by atoms with van der Waals surface area (Å²) in [4.78, 5) is 16.0. The Bertz CT molecular complexity index is 897. The number of hydrogen-bond donors (Lipinski definition) is 1. The predicted octanol–water partition coefficient (Wildman–Crippen LogP) is 5.34. The number of thiophene rings is 1. The first kappa shape index (κ1) is 21.3. The zero-order chi connectivity index (χ0) is 20.8. The second-order valence-electron chi connectivity index (χ2n) is 7.32. The van der Waals surface area contributed by atoms with Crippen molar-refractivity contribution in [2.45, 2.75) is 39.7 Å². The number of rotatable bonds is 9. The molecule has 2 aromatic heterocycles. The molecule has 1 atom stereocenters. The number of aromatic nitrogens is 1. The number of benzene rings is 1. The van der Waals surface area contributed by atoms with E-state index in [2.05, 4.69) is 67.3 Å². The van der Waals surface area contributed by atoms with E-state index in [1.165, 1.54) is 11.1 Å². The van der Waals surface area contributed by atoms with Crippen molar-refractivity contribution in [1.82, 2.24) is 15.4 Å². The molecule has 1 N–H and O–H groups in total. The van der Waals surface area contributed by atoms with Gasteiger partial charge in [-0.2, -0.15) is 0 Å². The van der Waals surface area contributed by atoms with Crippen LogP contribution in [0.1, 0.15) is 61.3 Å². The molecule has 6 heteroatoms. The van der Waals surface area contributed by atoms with Crippen LogP contribution in [0.25, 0.3) is 10.6 Å². The van der Waals surface area contributed by atoms with Gasteiger partial charge in [0.25, 0.3) is 5.91 Å². The second kappa shape index (κ2) is 9.85. The molecule has 1 aromatic carbocycles. The van der Waals surface area contributed by atoms with Gasteiger partial charge >= 0.3 is 0 Å². The van der Waals surface area contributed by atoms with E-state index >= 15 is 0 Å². The fraction of sp³-hybridized carbons (Fsp3) is 0.391. The van der Waals surface area contributed by atoms with Gasteiger partial charge in [-0.3, -0.25) is 9.69 Å². The average molecular weight is 412 g/mol. The lowest BCUT2D eigenvalue weighted by atomic mass is 9.98. The highest BCUT2D eigenvalue weighted by atomic mass is 32.1. The standard InChI is InChI=1S/C23H29N3O2S/c1-5-26(6-2)20(18-11-9-17(10-12-18)16(3)4)15-24-23(27)19-14-21(28-25-19)22-8-7-13-29-22/h7-14,16,20H,5-6,15H2,1-4H3,(H,24,27)/t20-/m1/s1. The van der Waals surface area contributed by atoms with Crippen LogP contribution in [0, 0.1) is 0 Å². The van der Waals surface area contributed by atoms with Crippen molar-refractivity contribution in [3.8, 4) is 10.6 Å². The molecule has 0 bridgehead atoms. The van der Waals surface area contributed by atoms with E-state index in [0.29, 0.717) is 23.9 Å². The first-order chi connectivity index (χ1) is 14.0. The van der Waals surface area contributed by atoms with Gasteiger partial charge in [-0.15, -0.1) is 11.3 Å². The first-order valence-electron chi connectivity index (χ1n) is 10.2. The van der Waals surface area contributed by atoms with Gasteiger partial charge in [0.05, 0.1) is 10.9 Å². The molecule has 3 rings (SSSR count). The Balaban J connectivity index is 1.72. The minimum atomic E-state index is -0.215. The number of carbonyl (C=O) groups is 1. The van der Waals surface area contributed by atoms with Crippen LogP contribution in [0.15, 0.2) is 52.4 Å². The van der Waals surface area contributed by atoms with Crippen molar-refractivity contribution < 1.29 is 9.32 Å². The molecule has 2 heterocycles. The Morgan fingerprint density at radius 1 is 1.14 bits per heavy atom. The highest BCUT2D eigenvalue weighted by Crippen LogP contribution is 2.26. The van der Waals surface area contributed by atoms with Gasteiger partial charge in [0.1, 0.15) is 0 Å². The van der Waals surface area contributed by atoms with Gasteiger partial charge in [0.2, 0.25) is 0 Å². The summed E-state index contributed by atoms with van der Waals surface area (Å²) >= 11 is 1.56. The molecule has 0 radical (unpaired) electrons. The number of nitrogens with zero attached hydrogens (tertiary/aromatic N) is 2. The van der Waals surface area contributed by atoms with Crippen LogP contribution < -0.4 is 5.32 Å². The maximum Gasteiger partial charge on any atom is 0.273 e. The molecule has 0 aliphatic heterocycles. The van der Waals surface area contributed by atoms with E-state index < -0.39 is 0 Å². The largest absolute Gasteiger partial charge is 0.355 e. The average Bonchev–Trinajstić information content (AvgIpc) is 3.43. The number of hydrogen-bond acceptors (Lipinski definition) is 5. The molecular formula is C23H29N3O2S. The van der Waals surface area contributed by atoms with E-state index in [9.17, 15) is 4.79 Å². The van der Waals surface area contributed by atoms with Gasteiger partial charge < -0.3 is 9.84 Å². The van der Waals surface area contributed by atoms with E-state index in [0.717, 1.165) is 18.0 Å². The minimum Gasteiger partial charge on any atom is -0.355 e. The molecule has 0 unspecified atom stereocenters. The fourth-order valence-electron chi connectivity index (χ4n) is 3.42. The number of nitrogens with one attached hydrogen (secondary N) is 1.